The molecule has 0 nitrogen and oxygen atoms in total. The Balaban J connectivity index is 1.49. The number of thiophene rings is 4. The third-order valence-electron chi connectivity index (χ3n) is 7.54. The minimum Gasteiger partial charge on any atom is -0.140 e. The van der Waals surface area contributed by atoms with Crippen molar-refractivity contribution < 1.29 is 0 Å². The van der Waals surface area contributed by atoms with Crippen LogP contribution in [0.15, 0.2) is 44.0 Å². The third-order valence-corrected chi connectivity index (χ3v) is 13.7. The van der Waals surface area contributed by atoms with E-state index in [0.717, 1.165) is 11.8 Å². The first-order chi connectivity index (χ1) is 18.4. The smallest absolute Gasteiger partial charge is 0.0791 e. The first kappa shape index (κ1) is 30.7. The second-order valence-electron chi connectivity index (χ2n) is 10.4. The Kier molecular flexibility index (Phi) is 12.2. The molecule has 0 radical (unpaired) electrons. The maximum absolute atomic E-state index is 3.90. The van der Waals surface area contributed by atoms with Crippen LogP contribution in [0.2, 0.25) is 0 Å². The molecule has 0 amide bonds. The zero-order chi connectivity index (χ0) is 27.1. The number of halogens is 2. The van der Waals surface area contributed by atoms with E-state index in [1.807, 2.05) is 45.3 Å². The Morgan fingerprint density at radius 2 is 1.00 bits per heavy atom. The van der Waals surface area contributed by atoms with Gasteiger partial charge in [-0.25, -0.2) is 0 Å². The van der Waals surface area contributed by atoms with Crippen LogP contribution in [0.5, 0.6) is 0 Å². The van der Waals surface area contributed by atoms with Crippen LogP contribution >= 0.6 is 77.2 Å². The van der Waals surface area contributed by atoms with Gasteiger partial charge in [-0.05, 0) is 92.9 Å². The molecule has 6 heteroatoms. The van der Waals surface area contributed by atoms with E-state index in [1.165, 1.54) is 112 Å². The molecule has 4 aromatic rings. The molecular formula is C32H40Br2S4. The van der Waals surface area contributed by atoms with E-state index in [2.05, 4.69) is 96.0 Å². The van der Waals surface area contributed by atoms with Gasteiger partial charge in [0.15, 0.2) is 0 Å². The molecule has 38 heavy (non-hydrogen) atoms. The molecule has 2 unspecified atom stereocenters. The fourth-order valence-electron chi connectivity index (χ4n) is 5.04. The summed E-state index contributed by atoms with van der Waals surface area (Å²) in [5, 5.41) is 0. The number of unbranched alkanes of at least 4 members (excludes halogenated alkanes) is 2. The first-order valence-corrected chi connectivity index (χ1v) is 19.1. The Bertz CT molecular complexity index is 1180. The lowest BCUT2D eigenvalue weighted by Gasteiger charge is -2.12. The summed E-state index contributed by atoms with van der Waals surface area (Å²) in [6.07, 6.45) is 13.0. The van der Waals surface area contributed by atoms with Gasteiger partial charge in [-0.15, -0.1) is 45.3 Å². The van der Waals surface area contributed by atoms with Crippen molar-refractivity contribution in [2.75, 3.05) is 0 Å². The lowest BCUT2D eigenvalue weighted by Crippen LogP contribution is -2.01. The van der Waals surface area contributed by atoms with Crippen molar-refractivity contribution in [2.45, 2.75) is 91.9 Å². The second-order valence-corrected chi connectivity index (χ2v) is 17.4. The van der Waals surface area contributed by atoms with E-state index >= 15 is 0 Å². The summed E-state index contributed by atoms with van der Waals surface area (Å²) in [5.74, 6) is 1.62. The molecule has 0 bridgehead atoms. The van der Waals surface area contributed by atoms with E-state index in [4.69, 9.17) is 0 Å². The summed E-state index contributed by atoms with van der Waals surface area (Å²) in [5.41, 5.74) is 2.68. The van der Waals surface area contributed by atoms with Crippen LogP contribution in [-0.4, -0.2) is 0 Å². The largest absolute Gasteiger partial charge is 0.140 e. The minimum absolute atomic E-state index is 0.812. The van der Waals surface area contributed by atoms with Gasteiger partial charge in [0.2, 0.25) is 0 Å². The molecule has 4 rings (SSSR count). The van der Waals surface area contributed by atoms with E-state index in [9.17, 15) is 0 Å². The summed E-state index contributed by atoms with van der Waals surface area (Å²) < 4.78 is 2.47. The molecule has 0 aromatic carbocycles. The molecular weight excluding hydrogens is 672 g/mol. The topological polar surface area (TPSA) is 0 Å². The molecule has 206 valence electrons. The van der Waals surface area contributed by atoms with Gasteiger partial charge < -0.3 is 0 Å². The Labute approximate surface area is 263 Å². The van der Waals surface area contributed by atoms with Crippen molar-refractivity contribution in [3.8, 4) is 30.6 Å². The normalized spacial score (nSPS) is 13.3. The highest BCUT2D eigenvalue weighted by Crippen LogP contribution is 2.48. The van der Waals surface area contributed by atoms with Gasteiger partial charge in [-0.3, -0.25) is 0 Å². The summed E-state index contributed by atoms with van der Waals surface area (Å²) in [6, 6.07) is 14.2. The van der Waals surface area contributed by atoms with Crippen LogP contribution in [0.25, 0.3) is 30.6 Å². The SMILES string of the molecule is CCCCC(CC)Cc1ccc(-c2cc(-c3cc(-c4ccc(CC(CC)CCCC)s4)c(Br)s3)sc2Br)s1. The molecule has 0 fully saturated rings. The maximum Gasteiger partial charge on any atom is 0.0791 e. The molecule has 4 aromatic heterocycles. The average Bonchev–Trinajstić information content (AvgIpc) is 3.71. The summed E-state index contributed by atoms with van der Waals surface area (Å²) in [7, 11) is 0. The van der Waals surface area contributed by atoms with Crippen LogP contribution in [0.1, 0.15) is 88.8 Å². The zero-order valence-corrected chi connectivity index (χ0v) is 29.5. The Hall–Kier alpha value is -0.240. The lowest BCUT2D eigenvalue weighted by atomic mass is 9.95. The molecule has 2 atom stereocenters. The molecule has 0 spiro atoms. The van der Waals surface area contributed by atoms with Crippen LogP contribution in [0.4, 0.5) is 0 Å². The van der Waals surface area contributed by atoms with Crippen molar-refractivity contribution in [3.63, 3.8) is 0 Å². The fraction of sp³-hybridized carbons (Fsp3) is 0.500. The van der Waals surface area contributed by atoms with E-state index in [0.29, 0.717) is 0 Å². The average molecular weight is 713 g/mol. The monoisotopic (exact) mass is 710 g/mol. The quantitative estimate of drug-likeness (QED) is 0.115. The molecule has 0 aliphatic carbocycles. The Morgan fingerprint density at radius 1 is 0.579 bits per heavy atom. The van der Waals surface area contributed by atoms with Crippen molar-refractivity contribution >= 4 is 77.2 Å². The molecule has 0 aliphatic rings. The number of hydrogen-bond donors (Lipinski definition) is 0. The predicted molar refractivity (Wildman–Crippen MR) is 184 cm³/mol. The van der Waals surface area contributed by atoms with Gasteiger partial charge in [-0.1, -0.05) is 79.1 Å². The highest BCUT2D eigenvalue weighted by molar-refractivity contribution is 9.11. The van der Waals surface area contributed by atoms with Gasteiger partial charge in [0.25, 0.3) is 0 Å². The van der Waals surface area contributed by atoms with Crippen LogP contribution in [0, 0.1) is 11.8 Å². The van der Waals surface area contributed by atoms with E-state index in [-0.39, 0.29) is 0 Å². The second kappa shape index (κ2) is 15.1. The van der Waals surface area contributed by atoms with Crippen molar-refractivity contribution in [1.82, 2.24) is 0 Å². The van der Waals surface area contributed by atoms with Crippen LogP contribution in [-0.2, 0) is 12.8 Å². The molecule has 0 aliphatic heterocycles. The summed E-state index contributed by atoms with van der Waals surface area (Å²) in [4.78, 5) is 8.50. The van der Waals surface area contributed by atoms with Crippen LogP contribution < -0.4 is 0 Å². The zero-order valence-electron chi connectivity index (χ0n) is 23.1. The maximum atomic E-state index is 3.90. The molecule has 0 saturated carbocycles. The number of hydrogen-bond acceptors (Lipinski definition) is 4. The standard InChI is InChI=1S/C32H40Br2S4/c1-5-9-11-21(7-3)17-23-13-15-27(35-23)25-19-29(37-31(25)33)30-20-26(32(34)38-30)28-16-14-24(36-28)18-22(8-4)12-10-6-2/h13-16,19-22H,5-12,17-18H2,1-4H3. The summed E-state index contributed by atoms with van der Waals surface area (Å²) in [6.45, 7) is 9.28. The van der Waals surface area contributed by atoms with Gasteiger partial charge in [0.1, 0.15) is 0 Å². The van der Waals surface area contributed by atoms with E-state index in [1.54, 1.807) is 0 Å². The fourth-order valence-corrected chi connectivity index (χ4v) is 11.3. The van der Waals surface area contributed by atoms with Crippen molar-refractivity contribution in [2.24, 2.45) is 11.8 Å². The van der Waals surface area contributed by atoms with Gasteiger partial charge in [0.05, 0.1) is 7.57 Å². The number of rotatable bonds is 15. The molecule has 4 heterocycles. The Morgan fingerprint density at radius 3 is 1.37 bits per heavy atom. The van der Waals surface area contributed by atoms with Crippen molar-refractivity contribution in [1.29, 1.82) is 0 Å². The molecule has 0 saturated heterocycles. The first-order valence-electron chi connectivity index (χ1n) is 14.2. The van der Waals surface area contributed by atoms with Gasteiger partial charge in [-0.2, -0.15) is 0 Å². The van der Waals surface area contributed by atoms with Crippen LogP contribution in [0.3, 0.4) is 0 Å². The van der Waals surface area contributed by atoms with Crippen molar-refractivity contribution in [3.05, 3.63) is 53.7 Å². The van der Waals surface area contributed by atoms with Gasteiger partial charge >= 0.3 is 0 Å². The minimum atomic E-state index is 0.812. The summed E-state index contributed by atoms with van der Waals surface area (Å²) >= 11 is 15.5. The highest BCUT2D eigenvalue weighted by atomic mass is 79.9. The van der Waals surface area contributed by atoms with Gasteiger partial charge in [0, 0.05) is 40.4 Å². The predicted octanol–water partition coefficient (Wildman–Crippen LogP) is 14.0. The third kappa shape index (κ3) is 7.94. The highest BCUT2D eigenvalue weighted by Gasteiger charge is 2.18. The molecule has 0 N–H and O–H groups in total. The lowest BCUT2D eigenvalue weighted by molar-refractivity contribution is 0.452. The van der Waals surface area contributed by atoms with E-state index < -0.39 is 0 Å².